The predicted octanol–water partition coefficient (Wildman–Crippen LogP) is 12.4. The molecule has 2 aliphatic heterocycles. The highest BCUT2D eigenvalue weighted by Gasteiger charge is 2.43. The summed E-state index contributed by atoms with van der Waals surface area (Å²) in [5.74, 6) is 0.721. The molecule has 78 heavy (non-hydrogen) atoms. The Morgan fingerprint density at radius 3 is 1.04 bits per heavy atom. The lowest BCUT2D eigenvalue weighted by Crippen LogP contribution is -2.44. The van der Waals surface area contributed by atoms with Gasteiger partial charge in [-0.3, -0.25) is 9.59 Å². The Morgan fingerprint density at radius 2 is 0.718 bits per heavy atom. The van der Waals surface area contributed by atoms with Gasteiger partial charge in [-0.25, -0.2) is 0 Å². The largest absolute Gasteiger partial charge is 0.488 e. The van der Waals surface area contributed by atoms with Gasteiger partial charge in [-0.05, 0) is 141 Å². The van der Waals surface area contributed by atoms with Gasteiger partial charge in [0.15, 0.2) is 11.6 Å². The first-order valence-corrected chi connectivity index (χ1v) is 28.3. The molecule has 0 atom stereocenters. The number of hydrogen-bond donors (Lipinski definition) is 4. The van der Waals surface area contributed by atoms with Crippen molar-refractivity contribution in [3.63, 3.8) is 0 Å². The van der Waals surface area contributed by atoms with Gasteiger partial charge in [-0.2, -0.15) is 0 Å². The molecule has 0 amide bonds. The third-order valence-corrected chi connectivity index (χ3v) is 16.1. The fourth-order valence-electron chi connectivity index (χ4n) is 11.1. The van der Waals surface area contributed by atoms with Crippen LogP contribution in [0.5, 0.6) is 0 Å². The summed E-state index contributed by atoms with van der Waals surface area (Å²) in [6.07, 6.45) is 6.56. The van der Waals surface area contributed by atoms with Gasteiger partial charge in [0.05, 0.1) is 0 Å². The standard InChI is InChI=1S/C34H35NO2.C28H30BrNO2.C6H7BO2/c36-33(29-20-18-28(19-21-29)27-11-4-1-5-12-27)17-10-24-35-25-22-32(23-26-35)34(37,30-13-6-2-7-14-30)31-15-8-3-9-16-31;29-26-15-13-22(14-16-26)27(31)12-7-19-30-20-17-25(18-21-30)28(32,23-8-3-1-4-9-23)24-10-5-2-6-11-24;8-7(9)6-4-2-1-3-5-6/h1-9,11-16,18-21,32,37H,10,17,22-26H2;1-6,8-11,13-16,25,32H,7,12,17-21H2;1-5,8-9H. The van der Waals surface area contributed by atoms with E-state index in [1.807, 2.05) is 194 Å². The van der Waals surface area contributed by atoms with E-state index in [4.69, 9.17) is 10.0 Å². The molecule has 10 rings (SSSR count). The fraction of sp³-hybridized carbons (Fsp3) is 0.265. The minimum atomic E-state index is -1.34. The first-order chi connectivity index (χ1) is 38.0. The highest BCUT2D eigenvalue weighted by Crippen LogP contribution is 2.43. The van der Waals surface area contributed by atoms with Gasteiger partial charge in [-0.15, -0.1) is 0 Å². The van der Waals surface area contributed by atoms with E-state index < -0.39 is 18.3 Å². The molecule has 2 saturated heterocycles. The Kier molecular flexibility index (Phi) is 21.3. The van der Waals surface area contributed by atoms with Crippen LogP contribution in [0.2, 0.25) is 0 Å². The number of halogens is 1. The molecule has 2 fully saturated rings. The van der Waals surface area contributed by atoms with Gasteiger partial charge in [0.2, 0.25) is 0 Å². The van der Waals surface area contributed by atoms with Crippen molar-refractivity contribution in [2.45, 2.75) is 62.6 Å². The zero-order valence-electron chi connectivity index (χ0n) is 44.4. The molecule has 2 heterocycles. The maximum absolute atomic E-state index is 12.8. The van der Waals surface area contributed by atoms with E-state index in [0.717, 1.165) is 127 Å². The third kappa shape index (κ3) is 15.4. The Morgan fingerprint density at radius 1 is 0.423 bits per heavy atom. The second-order valence-electron chi connectivity index (χ2n) is 20.5. The summed E-state index contributed by atoms with van der Waals surface area (Å²) in [6, 6.07) is 74.8. The van der Waals surface area contributed by atoms with Gasteiger partial charge in [0, 0.05) is 28.4 Å². The van der Waals surface area contributed by atoms with E-state index in [-0.39, 0.29) is 23.4 Å². The molecule has 0 unspecified atom stereocenters. The molecule has 0 saturated carbocycles. The number of aliphatic hydroxyl groups is 2. The first kappa shape index (κ1) is 57.6. The van der Waals surface area contributed by atoms with E-state index in [0.29, 0.717) is 18.3 Å². The van der Waals surface area contributed by atoms with Crippen LogP contribution >= 0.6 is 15.9 Å². The van der Waals surface area contributed by atoms with Gasteiger partial charge in [0.1, 0.15) is 11.2 Å². The van der Waals surface area contributed by atoms with Gasteiger partial charge in [0.25, 0.3) is 0 Å². The van der Waals surface area contributed by atoms with Crippen LogP contribution in [0.25, 0.3) is 11.1 Å². The Bertz CT molecular complexity index is 2930. The number of benzene rings is 8. The number of ketones is 2. The Labute approximate surface area is 470 Å². The average Bonchev–Trinajstić information content (AvgIpc) is 3.52. The molecule has 0 aliphatic carbocycles. The van der Waals surface area contributed by atoms with Gasteiger partial charge < -0.3 is 30.1 Å². The minimum Gasteiger partial charge on any atom is -0.423 e. The number of hydrogen-bond acceptors (Lipinski definition) is 8. The van der Waals surface area contributed by atoms with Crippen molar-refractivity contribution in [2.75, 3.05) is 39.3 Å². The number of carbonyl (C=O) groups excluding carboxylic acids is 2. The summed E-state index contributed by atoms with van der Waals surface area (Å²) in [7, 11) is -1.34. The maximum Gasteiger partial charge on any atom is 0.488 e. The fourth-order valence-corrected chi connectivity index (χ4v) is 11.4. The lowest BCUT2D eigenvalue weighted by Gasteiger charge is -2.42. The zero-order valence-corrected chi connectivity index (χ0v) is 46.0. The number of likely N-dealkylation sites (tertiary alicyclic amines) is 2. The lowest BCUT2D eigenvalue weighted by molar-refractivity contribution is -0.0144. The average molecular weight is 1100 g/mol. The molecular weight excluding hydrogens is 1030 g/mol. The molecule has 0 radical (unpaired) electrons. The molecule has 400 valence electrons. The normalized spacial score (nSPS) is 14.5. The van der Waals surface area contributed by atoms with Crippen molar-refractivity contribution < 1.29 is 29.9 Å². The number of carbonyl (C=O) groups is 2. The van der Waals surface area contributed by atoms with Gasteiger partial charge in [-0.1, -0.05) is 234 Å². The maximum atomic E-state index is 12.8. The number of Topliss-reactive ketones (excluding diaryl/α,β-unsaturated/α-hetero) is 2. The minimum absolute atomic E-state index is 0.151. The molecule has 0 bridgehead atoms. The third-order valence-electron chi connectivity index (χ3n) is 15.5. The molecule has 8 aromatic rings. The summed E-state index contributed by atoms with van der Waals surface area (Å²) >= 11 is 3.41. The Balaban J connectivity index is 0.000000179. The van der Waals surface area contributed by atoms with Crippen molar-refractivity contribution >= 4 is 40.1 Å². The molecule has 4 N–H and O–H groups in total. The molecule has 8 nitrogen and oxygen atoms in total. The van der Waals surface area contributed by atoms with Crippen molar-refractivity contribution in [3.8, 4) is 11.1 Å². The molecule has 0 aromatic heterocycles. The van der Waals surface area contributed by atoms with Crippen LogP contribution in [-0.4, -0.2) is 88.0 Å². The molecule has 8 aromatic carbocycles. The Hall–Kier alpha value is -6.60. The van der Waals surface area contributed by atoms with Crippen LogP contribution in [0, 0.1) is 11.8 Å². The van der Waals surface area contributed by atoms with E-state index in [1.165, 1.54) is 0 Å². The van der Waals surface area contributed by atoms with Crippen molar-refractivity contribution in [1.29, 1.82) is 0 Å². The van der Waals surface area contributed by atoms with Crippen LogP contribution in [0.3, 0.4) is 0 Å². The van der Waals surface area contributed by atoms with Crippen LogP contribution in [-0.2, 0) is 11.2 Å². The van der Waals surface area contributed by atoms with Crippen molar-refractivity contribution in [2.24, 2.45) is 11.8 Å². The number of rotatable bonds is 18. The molecular formula is C68H72BBrN2O6. The highest BCUT2D eigenvalue weighted by molar-refractivity contribution is 9.10. The van der Waals surface area contributed by atoms with Crippen LogP contribution in [0.1, 0.15) is 94.3 Å². The number of piperidine rings is 2. The van der Waals surface area contributed by atoms with E-state index in [9.17, 15) is 19.8 Å². The summed E-state index contributed by atoms with van der Waals surface area (Å²) in [6.45, 7) is 5.59. The topological polar surface area (TPSA) is 122 Å². The summed E-state index contributed by atoms with van der Waals surface area (Å²) in [5, 5.41) is 41.2. The number of nitrogens with zero attached hydrogens (tertiary/aromatic N) is 2. The van der Waals surface area contributed by atoms with E-state index in [1.54, 1.807) is 24.3 Å². The quantitative estimate of drug-likeness (QED) is 0.0495. The van der Waals surface area contributed by atoms with E-state index >= 15 is 0 Å². The molecule has 10 heteroatoms. The lowest BCUT2D eigenvalue weighted by atomic mass is 9.72. The summed E-state index contributed by atoms with van der Waals surface area (Å²) in [5.41, 5.74) is 6.26. The predicted molar refractivity (Wildman–Crippen MR) is 320 cm³/mol. The van der Waals surface area contributed by atoms with Crippen molar-refractivity contribution in [1.82, 2.24) is 9.80 Å². The van der Waals surface area contributed by atoms with Crippen LogP contribution in [0.15, 0.2) is 235 Å². The van der Waals surface area contributed by atoms with Crippen LogP contribution < -0.4 is 5.46 Å². The summed E-state index contributed by atoms with van der Waals surface area (Å²) in [4.78, 5) is 30.1. The second kappa shape index (κ2) is 28.9. The molecule has 0 spiro atoms. The zero-order chi connectivity index (χ0) is 54.6. The van der Waals surface area contributed by atoms with Crippen LogP contribution in [0.4, 0.5) is 0 Å². The van der Waals surface area contributed by atoms with E-state index in [2.05, 4.69) is 37.9 Å². The smallest absolute Gasteiger partial charge is 0.423 e. The van der Waals surface area contributed by atoms with Crippen molar-refractivity contribution in [3.05, 3.63) is 268 Å². The highest BCUT2D eigenvalue weighted by atomic mass is 79.9. The molecule has 2 aliphatic rings. The van der Waals surface area contributed by atoms with Gasteiger partial charge >= 0.3 is 7.12 Å². The first-order valence-electron chi connectivity index (χ1n) is 27.5. The second-order valence-corrected chi connectivity index (χ2v) is 21.4. The summed E-state index contributed by atoms with van der Waals surface area (Å²) < 4.78 is 0.989. The SMILES string of the molecule is O=C(CCCN1CCC(C(O)(c2ccccc2)c2ccccc2)CC1)c1ccc(-c2ccccc2)cc1.O=C(CCCN1CCC(C(O)(c2ccccc2)c2ccccc2)CC1)c1ccc(Br)cc1.OB(O)c1ccccc1. The monoisotopic (exact) mass is 1100 g/mol.